The van der Waals surface area contributed by atoms with Crippen molar-refractivity contribution in [3.8, 4) is 0 Å². The molecule has 1 aromatic carbocycles. The number of carbonyl (C=O) groups excluding carboxylic acids is 1. The highest BCUT2D eigenvalue weighted by atomic mass is 32.2. The minimum Gasteiger partial charge on any atom is -0.321 e. The van der Waals surface area contributed by atoms with Crippen LogP contribution in [0.3, 0.4) is 0 Å². The van der Waals surface area contributed by atoms with Crippen LogP contribution in [-0.4, -0.2) is 28.4 Å². The van der Waals surface area contributed by atoms with E-state index in [1.54, 1.807) is 11.8 Å². The summed E-state index contributed by atoms with van der Waals surface area (Å²) in [5.41, 5.74) is -0.351. The van der Waals surface area contributed by atoms with Crippen molar-refractivity contribution < 1.29 is 13.6 Å². The Morgan fingerprint density at radius 3 is 2.67 bits per heavy atom. The lowest BCUT2D eigenvalue weighted by atomic mass is 10.2. The highest BCUT2D eigenvalue weighted by Gasteiger charge is 2.19. The lowest BCUT2D eigenvalue weighted by Crippen LogP contribution is -2.23. The third kappa shape index (κ3) is 3.62. The molecule has 0 aromatic heterocycles. The van der Waals surface area contributed by atoms with E-state index in [1.165, 1.54) is 6.07 Å². The highest BCUT2D eigenvalue weighted by molar-refractivity contribution is 8.06. The summed E-state index contributed by atoms with van der Waals surface area (Å²) in [6, 6.07) is 3.53. The van der Waals surface area contributed by atoms with E-state index in [4.69, 9.17) is 0 Å². The number of carbonyl (C=O) groups is 1. The number of nitrogens with one attached hydrogen (secondary N) is 1. The van der Waals surface area contributed by atoms with Gasteiger partial charge in [-0.3, -0.25) is 4.79 Å². The van der Waals surface area contributed by atoms with Gasteiger partial charge in [-0.25, -0.2) is 8.78 Å². The Bertz CT molecular complexity index is 416. The molecular formula is C12H13F2NOS2. The smallest absolute Gasteiger partial charge is 0.225 e. The average Bonchev–Trinajstić information content (AvgIpc) is 2.35. The summed E-state index contributed by atoms with van der Waals surface area (Å²) < 4.78 is 26.7. The van der Waals surface area contributed by atoms with Gasteiger partial charge in [-0.1, -0.05) is 6.07 Å². The van der Waals surface area contributed by atoms with Gasteiger partial charge < -0.3 is 5.32 Å². The van der Waals surface area contributed by atoms with Crippen LogP contribution in [0, 0.1) is 11.6 Å². The van der Waals surface area contributed by atoms with Crippen LogP contribution in [0.15, 0.2) is 18.2 Å². The van der Waals surface area contributed by atoms with Crippen LogP contribution in [0.5, 0.6) is 0 Å². The monoisotopic (exact) mass is 289 g/mol. The molecule has 98 valence electrons. The number of halogens is 2. The summed E-state index contributed by atoms with van der Waals surface area (Å²) in [5, 5.41) is 2.55. The summed E-state index contributed by atoms with van der Waals surface area (Å²) in [6.45, 7) is 0. The number of benzene rings is 1. The van der Waals surface area contributed by atoms with Crippen LogP contribution in [0.1, 0.15) is 6.42 Å². The number of rotatable bonds is 3. The van der Waals surface area contributed by atoms with Gasteiger partial charge in [0.1, 0.15) is 17.3 Å². The van der Waals surface area contributed by atoms with Crippen molar-refractivity contribution in [1.82, 2.24) is 0 Å². The number of anilines is 1. The minimum absolute atomic E-state index is 0.235. The van der Waals surface area contributed by atoms with Gasteiger partial charge in [0, 0.05) is 28.9 Å². The van der Waals surface area contributed by atoms with Gasteiger partial charge in [0.2, 0.25) is 5.91 Å². The van der Waals surface area contributed by atoms with E-state index in [9.17, 15) is 13.6 Å². The number of para-hydroxylation sites is 1. The van der Waals surface area contributed by atoms with Crippen molar-refractivity contribution in [2.24, 2.45) is 0 Å². The van der Waals surface area contributed by atoms with E-state index in [0.717, 1.165) is 29.4 Å². The number of hydrogen-bond donors (Lipinski definition) is 1. The summed E-state index contributed by atoms with van der Waals surface area (Å²) in [5.74, 6) is 1.22. The molecule has 1 aromatic rings. The summed E-state index contributed by atoms with van der Waals surface area (Å²) in [4.78, 5) is 11.7. The molecule has 1 aliphatic rings. The van der Waals surface area contributed by atoms with Crippen LogP contribution in [0.2, 0.25) is 0 Å². The Labute approximate surface area is 113 Å². The Hall–Kier alpha value is -0.750. The zero-order chi connectivity index (χ0) is 13.0. The van der Waals surface area contributed by atoms with Crippen LogP contribution in [0.4, 0.5) is 14.5 Å². The van der Waals surface area contributed by atoms with E-state index in [0.29, 0.717) is 6.42 Å². The average molecular weight is 289 g/mol. The fourth-order valence-corrected chi connectivity index (χ4v) is 4.35. The van der Waals surface area contributed by atoms with E-state index in [1.807, 2.05) is 11.8 Å². The molecule has 2 nitrogen and oxygen atoms in total. The lowest BCUT2D eigenvalue weighted by molar-refractivity contribution is -0.116. The topological polar surface area (TPSA) is 29.1 Å². The third-order valence-electron chi connectivity index (χ3n) is 2.53. The summed E-state index contributed by atoms with van der Waals surface area (Å²) >= 11 is 3.55. The Morgan fingerprint density at radius 1 is 1.33 bits per heavy atom. The maximum absolute atomic E-state index is 13.3. The second-order valence-corrected chi connectivity index (χ2v) is 6.47. The highest BCUT2D eigenvalue weighted by Crippen LogP contribution is 2.27. The third-order valence-corrected chi connectivity index (χ3v) is 5.37. The van der Waals surface area contributed by atoms with Crippen molar-refractivity contribution in [2.45, 2.75) is 11.7 Å². The van der Waals surface area contributed by atoms with Gasteiger partial charge >= 0.3 is 0 Å². The second kappa shape index (κ2) is 6.43. The molecular weight excluding hydrogens is 276 g/mol. The molecule has 18 heavy (non-hydrogen) atoms. The molecule has 0 radical (unpaired) electrons. The first kappa shape index (κ1) is 13.7. The standard InChI is InChI=1S/C12H13F2NOS2/c13-9-2-1-3-10(14)12(9)15-11(16)6-8-7-17-4-5-18-8/h1-3,8H,4-7H2,(H,15,16). The molecule has 1 unspecified atom stereocenters. The molecule has 0 spiro atoms. The molecule has 0 saturated carbocycles. The maximum atomic E-state index is 13.3. The number of amides is 1. The quantitative estimate of drug-likeness (QED) is 0.927. The van der Waals surface area contributed by atoms with Crippen LogP contribution >= 0.6 is 23.5 Å². The van der Waals surface area contributed by atoms with E-state index in [-0.39, 0.29) is 16.8 Å². The zero-order valence-electron chi connectivity index (χ0n) is 9.62. The fourth-order valence-electron chi connectivity index (χ4n) is 1.67. The molecule has 1 fully saturated rings. The minimum atomic E-state index is -0.742. The van der Waals surface area contributed by atoms with E-state index < -0.39 is 11.6 Å². The van der Waals surface area contributed by atoms with E-state index >= 15 is 0 Å². The van der Waals surface area contributed by atoms with E-state index in [2.05, 4.69) is 5.32 Å². The van der Waals surface area contributed by atoms with Crippen molar-refractivity contribution in [2.75, 3.05) is 22.6 Å². The fraction of sp³-hybridized carbons (Fsp3) is 0.417. The summed E-state index contributed by atoms with van der Waals surface area (Å²) in [6.07, 6.45) is 0.297. The number of thioether (sulfide) groups is 2. The molecule has 0 bridgehead atoms. The molecule has 1 N–H and O–H groups in total. The first-order chi connectivity index (χ1) is 8.66. The molecule has 1 atom stereocenters. The van der Waals surface area contributed by atoms with Gasteiger partial charge in [0.05, 0.1) is 0 Å². The van der Waals surface area contributed by atoms with Gasteiger partial charge in [-0.2, -0.15) is 23.5 Å². The van der Waals surface area contributed by atoms with Crippen LogP contribution in [0.25, 0.3) is 0 Å². The van der Waals surface area contributed by atoms with Crippen LogP contribution < -0.4 is 5.32 Å². The van der Waals surface area contributed by atoms with Gasteiger partial charge in [0.15, 0.2) is 0 Å². The molecule has 1 heterocycles. The SMILES string of the molecule is O=C(CC1CSCCS1)Nc1c(F)cccc1F. The van der Waals surface area contributed by atoms with Gasteiger partial charge in [-0.15, -0.1) is 0 Å². The summed E-state index contributed by atoms with van der Waals surface area (Å²) in [7, 11) is 0. The van der Waals surface area contributed by atoms with Gasteiger partial charge in [-0.05, 0) is 12.1 Å². The Morgan fingerprint density at radius 2 is 2.06 bits per heavy atom. The lowest BCUT2D eigenvalue weighted by Gasteiger charge is -2.20. The molecule has 6 heteroatoms. The molecule has 0 aliphatic carbocycles. The molecule has 2 rings (SSSR count). The Balaban J connectivity index is 1.94. The molecule has 1 aliphatic heterocycles. The van der Waals surface area contributed by atoms with Crippen molar-refractivity contribution >= 4 is 35.1 Å². The second-order valence-electron chi connectivity index (χ2n) is 3.92. The van der Waals surface area contributed by atoms with Crippen molar-refractivity contribution in [3.05, 3.63) is 29.8 Å². The normalized spacial score (nSPS) is 19.6. The molecule has 1 amide bonds. The van der Waals surface area contributed by atoms with Gasteiger partial charge in [0.25, 0.3) is 0 Å². The predicted octanol–water partition coefficient (Wildman–Crippen LogP) is 3.14. The Kier molecular flexibility index (Phi) is 4.88. The largest absolute Gasteiger partial charge is 0.321 e. The molecule has 1 saturated heterocycles. The van der Waals surface area contributed by atoms with Crippen molar-refractivity contribution in [1.29, 1.82) is 0 Å². The zero-order valence-corrected chi connectivity index (χ0v) is 11.3. The van der Waals surface area contributed by atoms with Crippen molar-refractivity contribution in [3.63, 3.8) is 0 Å². The predicted molar refractivity (Wildman–Crippen MR) is 73.2 cm³/mol. The first-order valence-electron chi connectivity index (χ1n) is 5.60. The maximum Gasteiger partial charge on any atom is 0.225 e. The number of hydrogen-bond acceptors (Lipinski definition) is 3. The first-order valence-corrected chi connectivity index (χ1v) is 7.80. The van der Waals surface area contributed by atoms with Crippen LogP contribution in [-0.2, 0) is 4.79 Å².